The van der Waals surface area contributed by atoms with Crippen molar-refractivity contribution in [3.8, 4) is 0 Å². The third-order valence-corrected chi connectivity index (χ3v) is 2.04. The molecule has 0 spiro atoms. The molecule has 0 amide bonds. The van der Waals surface area contributed by atoms with E-state index < -0.39 is 0 Å². The lowest BCUT2D eigenvalue weighted by molar-refractivity contribution is 0.317. The smallest absolute Gasteiger partial charge is 0.184 e. The highest BCUT2D eigenvalue weighted by atomic mass is 35.5. The Balaban J connectivity index is 2.72. The molecule has 0 radical (unpaired) electrons. The van der Waals surface area contributed by atoms with Gasteiger partial charge in [0.2, 0.25) is 0 Å². The summed E-state index contributed by atoms with van der Waals surface area (Å²) in [6.07, 6.45) is 0.299. The minimum Gasteiger partial charge on any atom is -0.481 e. The van der Waals surface area contributed by atoms with Gasteiger partial charge in [-0.1, -0.05) is 17.7 Å². The van der Waals surface area contributed by atoms with E-state index in [9.17, 15) is 4.39 Å². The summed E-state index contributed by atoms with van der Waals surface area (Å²) in [5, 5.41) is 7.73. The molecule has 0 saturated heterocycles. The SMILES string of the molecule is CCOC(=N)Cc1ccc(F)cc1Cl. The molecule has 2 nitrogen and oxygen atoms in total. The number of nitrogens with one attached hydrogen (secondary N) is 1. The van der Waals surface area contributed by atoms with Crippen molar-refractivity contribution < 1.29 is 9.13 Å². The van der Waals surface area contributed by atoms with Crippen molar-refractivity contribution in [2.24, 2.45) is 0 Å². The molecule has 76 valence electrons. The van der Waals surface area contributed by atoms with Crippen molar-refractivity contribution in [1.82, 2.24) is 0 Å². The molecule has 0 unspecified atom stereocenters. The molecule has 14 heavy (non-hydrogen) atoms. The van der Waals surface area contributed by atoms with E-state index in [0.717, 1.165) is 0 Å². The molecule has 1 aromatic carbocycles. The molecular weight excluding hydrogens is 205 g/mol. The monoisotopic (exact) mass is 215 g/mol. The van der Waals surface area contributed by atoms with Crippen LogP contribution in [0.2, 0.25) is 5.02 Å². The van der Waals surface area contributed by atoms with E-state index in [0.29, 0.717) is 23.6 Å². The summed E-state index contributed by atoms with van der Waals surface area (Å²) < 4.78 is 17.6. The number of hydrogen-bond acceptors (Lipinski definition) is 2. The average Bonchev–Trinajstić information content (AvgIpc) is 2.10. The molecular formula is C10H11ClFNO. The second kappa shape index (κ2) is 4.96. The highest BCUT2D eigenvalue weighted by Crippen LogP contribution is 2.17. The Kier molecular flexibility index (Phi) is 3.89. The third kappa shape index (κ3) is 3.00. The van der Waals surface area contributed by atoms with Crippen molar-refractivity contribution in [2.75, 3.05) is 6.61 Å². The summed E-state index contributed by atoms with van der Waals surface area (Å²) in [5.74, 6) is -0.234. The van der Waals surface area contributed by atoms with Gasteiger partial charge in [0.05, 0.1) is 6.61 Å². The van der Waals surface area contributed by atoms with E-state index in [-0.39, 0.29) is 11.7 Å². The first-order chi connectivity index (χ1) is 6.63. The Morgan fingerprint density at radius 2 is 2.29 bits per heavy atom. The van der Waals surface area contributed by atoms with Gasteiger partial charge >= 0.3 is 0 Å². The van der Waals surface area contributed by atoms with Gasteiger partial charge in [-0.05, 0) is 24.6 Å². The van der Waals surface area contributed by atoms with Gasteiger partial charge in [0.15, 0.2) is 5.90 Å². The fraction of sp³-hybridized carbons (Fsp3) is 0.300. The van der Waals surface area contributed by atoms with Crippen LogP contribution in [-0.2, 0) is 11.2 Å². The first-order valence-corrected chi connectivity index (χ1v) is 4.65. The maximum absolute atomic E-state index is 12.7. The quantitative estimate of drug-likeness (QED) is 0.610. The van der Waals surface area contributed by atoms with Crippen LogP contribution < -0.4 is 0 Å². The van der Waals surface area contributed by atoms with Crippen molar-refractivity contribution in [2.45, 2.75) is 13.3 Å². The van der Waals surface area contributed by atoms with E-state index >= 15 is 0 Å². The summed E-state index contributed by atoms with van der Waals surface area (Å²) in [4.78, 5) is 0. The maximum Gasteiger partial charge on any atom is 0.184 e. The Labute approximate surface area is 87.2 Å². The van der Waals surface area contributed by atoms with E-state index in [4.69, 9.17) is 21.7 Å². The maximum atomic E-state index is 12.7. The van der Waals surface area contributed by atoms with Crippen LogP contribution in [0.15, 0.2) is 18.2 Å². The first-order valence-electron chi connectivity index (χ1n) is 4.27. The molecule has 0 bridgehead atoms. The molecule has 1 rings (SSSR count). The standard InChI is InChI=1S/C10H11ClFNO/c1-2-14-10(13)5-7-3-4-8(12)6-9(7)11/h3-4,6,13H,2,5H2,1H3. The molecule has 0 aliphatic rings. The Bertz CT molecular complexity index is 341. The van der Waals surface area contributed by atoms with E-state index in [2.05, 4.69) is 0 Å². The lowest BCUT2D eigenvalue weighted by Gasteiger charge is -2.06. The van der Waals surface area contributed by atoms with Crippen molar-refractivity contribution in [1.29, 1.82) is 5.41 Å². The van der Waals surface area contributed by atoms with E-state index in [1.165, 1.54) is 12.1 Å². The van der Waals surface area contributed by atoms with Crippen molar-refractivity contribution in [3.05, 3.63) is 34.6 Å². The molecule has 1 N–H and O–H groups in total. The number of rotatable bonds is 3. The second-order valence-corrected chi connectivity index (χ2v) is 3.18. The zero-order chi connectivity index (χ0) is 10.6. The summed E-state index contributed by atoms with van der Waals surface area (Å²) in [6, 6.07) is 4.11. The highest BCUT2D eigenvalue weighted by molar-refractivity contribution is 6.31. The lowest BCUT2D eigenvalue weighted by atomic mass is 10.1. The van der Waals surface area contributed by atoms with E-state index in [1.807, 2.05) is 0 Å². The van der Waals surface area contributed by atoms with Gasteiger partial charge in [0, 0.05) is 11.4 Å². The Morgan fingerprint density at radius 3 is 2.86 bits per heavy atom. The van der Waals surface area contributed by atoms with Crippen LogP contribution in [0.1, 0.15) is 12.5 Å². The van der Waals surface area contributed by atoms with Gasteiger partial charge in [-0.25, -0.2) is 4.39 Å². The van der Waals surface area contributed by atoms with Gasteiger partial charge in [-0.15, -0.1) is 0 Å². The minimum atomic E-state index is -0.373. The number of hydrogen-bond donors (Lipinski definition) is 1. The van der Waals surface area contributed by atoms with Gasteiger partial charge in [-0.3, -0.25) is 5.41 Å². The fourth-order valence-electron chi connectivity index (χ4n) is 1.06. The molecule has 0 heterocycles. The Morgan fingerprint density at radius 1 is 1.57 bits per heavy atom. The second-order valence-electron chi connectivity index (χ2n) is 2.77. The molecule has 4 heteroatoms. The summed E-state index contributed by atoms with van der Waals surface area (Å²) in [6.45, 7) is 2.26. The molecule has 0 fully saturated rings. The van der Waals surface area contributed by atoms with Gasteiger partial charge in [0.25, 0.3) is 0 Å². The minimum absolute atomic E-state index is 0.140. The molecule has 0 aliphatic heterocycles. The zero-order valence-corrected chi connectivity index (χ0v) is 8.57. The normalized spacial score (nSPS) is 9.93. The summed E-state index contributed by atoms with van der Waals surface area (Å²) in [5.41, 5.74) is 0.700. The molecule has 0 saturated carbocycles. The Hall–Kier alpha value is -1.09. The van der Waals surface area contributed by atoms with Crippen LogP contribution in [0, 0.1) is 11.2 Å². The number of ether oxygens (including phenoxy) is 1. The summed E-state index contributed by atoms with van der Waals surface area (Å²) in [7, 11) is 0. The largest absolute Gasteiger partial charge is 0.481 e. The van der Waals surface area contributed by atoms with Crippen LogP contribution in [0.5, 0.6) is 0 Å². The van der Waals surface area contributed by atoms with Crippen molar-refractivity contribution >= 4 is 17.5 Å². The van der Waals surface area contributed by atoms with Crippen LogP contribution in [0.3, 0.4) is 0 Å². The fourth-order valence-corrected chi connectivity index (χ4v) is 1.30. The van der Waals surface area contributed by atoms with Crippen LogP contribution in [0.25, 0.3) is 0 Å². The van der Waals surface area contributed by atoms with Gasteiger partial charge < -0.3 is 4.74 Å². The average molecular weight is 216 g/mol. The number of benzene rings is 1. The molecule has 0 atom stereocenters. The summed E-state index contributed by atoms with van der Waals surface area (Å²) >= 11 is 5.78. The van der Waals surface area contributed by atoms with Crippen molar-refractivity contribution in [3.63, 3.8) is 0 Å². The van der Waals surface area contributed by atoms with Crippen LogP contribution >= 0.6 is 11.6 Å². The highest BCUT2D eigenvalue weighted by Gasteiger charge is 2.05. The van der Waals surface area contributed by atoms with Crippen LogP contribution in [0.4, 0.5) is 4.39 Å². The molecule has 0 aliphatic carbocycles. The zero-order valence-electron chi connectivity index (χ0n) is 7.81. The molecule has 0 aromatic heterocycles. The first kappa shape index (κ1) is 11.0. The topological polar surface area (TPSA) is 33.1 Å². The number of halogens is 2. The predicted molar refractivity (Wildman–Crippen MR) is 54.5 cm³/mol. The van der Waals surface area contributed by atoms with Crippen LogP contribution in [-0.4, -0.2) is 12.5 Å². The van der Waals surface area contributed by atoms with Gasteiger partial charge in [-0.2, -0.15) is 0 Å². The lowest BCUT2D eigenvalue weighted by Crippen LogP contribution is -2.06. The predicted octanol–water partition coefficient (Wildman–Crippen LogP) is 3.04. The van der Waals surface area contributed by atoms with Gasteiger partial charge in [0.1, 0.15) is 5.82 Å². The molecule has 1 aromatic rings. The van der Waals surface area contributed by atoms with E-state index in [1.54, 1.807) is 13.0 Å². The third-order valence-electron chi connectivity index (χ3n) is 1.68.